The van der Waals surface area contributed by atoms with E-state index < -0.39 is 29.7 Å². The average molecular weight is 370 g/mol. The highest BCUT2D eigenvalue weighted by molar-refractivity contribution is 6.30. The largest absolute Gasteiger partial charge is 0.314 e. The van der Waals surface area contributed by atoms with Crippen LogP contribution in [0.3, 0.4) is 0 Å². The van der Waals surface area contributed by atoms with Crippen molar-refractivity contribution >= 4 is 36.4 Å². The van der Waals surface area contributed by atoms with Crippen molar-refractivity contribution in [2.24, 2.45) is 0 Å². The minimum absolute atomic E-state index is 0. The average Bonchev–Trinajstić information content (AvgIpc) is 2.39. The van der Waals surface area contributed by atoms with E-state index in [1.165, 1.54) is 4.90 Å². The first-order valence-electron chi connectivity index (χ1n) is 5.88. The van der Waals surface area contributed by atoms with E-state index in [1.807, 2.05) is 0 Å². The maximum atomic E-state index is 13.9. The second-order valence-corrected chi connectivity index (χ2v) is 4.73. The van der Waals surface area contributed by atoms with Crippen molar-refractivity contribution in [3.8, 4) is 0 Å². The molecule has 9 heteroatoms. The normalized spacial score (nSPS) is 17.0. The Morgan fingerprint density at radius 2 is 1.67 bits per heavy atom. The molecule has 0 amide bonds. The van der Waals surface area contributed by atoms with Crippen molar-refractivity contribution in [2.75, 3.05) is 26.2 Å². The fraction of sp³-hybridized carbons (Fsp3) is 0.500. The quantitative estimate of drug-likeness (QED) is 0.646. The second kappa shape index (κ2) is 9.00. The topological polar surface area (TPSA) is 15.3 Å². The molecule has 1 aromatic rings. The SMILES string of the molecule is Cl.Cl.Fc1ccc(Cl)c(F)c1[C@H](C(F)F)N1CCNCC1. The molecule has 1 atom stereocenters. The molecule has 0 spiro atoms. The number of hydrogen-bond acceptors (Lipinski definition) is 2. The Labute approximate surface area is 137 Å². The highest BCUT2D eigenvalue weighted by atomic mass is 35.5. The minimum Gasteiger partial charge on any atom is -0.314 e. The zero-order valence-electron chi connectivity index (χ0n) is 10.8. The fourth-order valence-electron chi connectivity index (χ4n) is 2.24. The molecule has 1 N–H and O–H groups in total. The smallest absolute Gasteiger partial charge is 0.258 e. The van der Waals surface area contributed by atoms with E-state index in [2.05, 4.69) is 5.32 Å². The Bertz CT molecular complexity index is 456. The molecular formula is C12H15Cl3F4N2. The first kappa shape index (κ1) is 20.7. The van der Waals surface area contributed by atoms with Crippen LogP contribution in [0.15, 0.2) is 12.1 Å². The molecule has 122 valence electrons. The van der Waals surface area contributed by atoms with Gasteiger partial charge >= 0.3 is 0 Å². The highest BCUT2D eigenvalue weighted by Gasteiger charge is 2.35. The summed E-state index contributed by atoms with van der Waals surface area (Å²) in [6.07, 6.45) is -2.89. The van der Waals surface area contributed by atoms with Crippen molar-refractivity contribution in [1.82, 2.24) is 10.2 Å². The summed E-state index contributed by atoms with van der Waals surface area (Å²) in [4.78, 5) is 1.37. The van der Waals surface area contributed by atoms with Gasteiger partial charge < -0.3 is 5.32 Å². The van der Waals surface area contributed by atoms with Crippen LogP contribution < -0.4 is 5.32 Å². The molecule has 0 radical (unpaired) electrons. The number of hydrogen-bond donors (Lipinski definition) is 1. The first-order chi connectivity index (χ1) is 9.02. The van der Waals surface area contributed by atoms with E-state index >= 15 is 0 Å². The number of nitrogens with zero attached hydrogens (tertiary/aromatic N) is 1. The lowest BCUT2D eigenvalue weighted by atomic mass is 10.0. The number of nitrogens with one attached hydrogen (secondary N) is 1. The lowest BCUT2D eigenvalue weighted by molar-refractivity contribution is 0.0145. The summed E-state index contributed by atoms with van der Waals surface area (Å²) in [5, 5.41) is 2.65. The number of benzene rings is 1. The lowest BCUT2D eigenvalue weighted by Crippen LogP contribution is -2.47. The minimum atomic E-state index is -2.89. The van der Waals surface area contributed by atoms with Crippen LogP contribution in [0.25, 0.3) is 0 Å². The number of piperazine rings is 1. The molecule has 2 rings (SSSR count). The van der Waals surface area contributed by atoms with Gasteiger partial charge in [0, 0.05) is 31.7 Å². The fourth-order valence-corrected chi connectivity index (χ4v) is 2.41. The van der Waals surface area contributed by atoms with E-state index in [0.29, 0.717) is 26.2 Å². The molecule has 1 aliphatic rings. The van der Waals surface area contributed by atoms with Gasteiger partial charge in [-0.25, -0.2) is 17.6 Å². The van der Waals surface area contributed by atoms with Crippen molar-refractivity contribution in [1.29, 1.82) is 0 Å². The zero-order chi connectivity index (χ0) is 14.0. The van der Waals surface area contributed by atoms with E-state index in [4.69, 9.17) is 11.6 Å². The van der Waals surface area contributed by atoms with Crippen molar-refractivity contribution in [3.63, 3.8) is 0 Å². The molecule has 1 fully saturated rings. The highest BCUT2D eigenvalue weighted by Crippen LogP contribution is 2.34. The zero-order valence-corrected chi connectivity index (χ0v) is 13.2. The van der Waals surface area contributed by atoms with E-state index in [9.17, 15) is 17.6 Å². The molecule has 1 saturated heterocycles. The van der Waals surface area contributed by atoms with E-state index in [1.54, 1.807) is 0 Å². The van der Waals surface area contributed by atoms with Crippen molar-refractivity contribution in [3.05, 3.63) is 34.4 Å². The van der Waals surface area contributed by atoms with Gasteiger partial charge in [-0.2, -0.15) is 0 Å². The van der Waals surface area contributed by atoms with Crippen LogP contribution in [0, 0.1) is 11.6 Å². The van der Waals surface area contributed by atoms with Crippen LogP contribution in [-0.2, 0) is 0 Å². The molecule has 1 aliphatic heterocycles. The predicted octanol–water partition coefficient (Wildman–Crippen LogP) is 3.67. The summed E-state index contributed by atoms with van der Waals surface area (Å²) < 4.78 is 54.0. The lowest BCUT2D eigenvalue weighted by Gasteiger charge is -2.34. The van der Waals surface area contributed by atoms with Gasteiger partial charge in [-0.05, 0) is 12.1 Å². The van der Waals surface area contributed by atoms with Gasteiger partial charge in [0.05, 0.1) is 5.02 Å². The summed E-state index contributed by atoms with van der Waals surface area (Å²) in [6, 6.07) is 0.328. The molecule has 0 aromatic heterocycles. The van der Waals surface area contributed by atoms with E-state index in [0.717, 1.165) is 12.1 Å². The summed E-state index contributed by atoms with van der Waals surface area (Å²) in [6.45, 7) is 1.63. The number of halogens is 7. The van der Waals surface area contributed by atoms with Gasteiger partial charge in [0.15, 0.2) is 0 Å². The Morgan fingerprint density at radius 1 is 1.10 bits per heavy atom. The molecule has 0 bridgehead atoms. The molecule has 1 aromatic carbocycles. The Morgan fingerprint density at radius 3 is 2.19 bits per heavy atom. The standard InChI is InChI=1S/C12H13ClF4N2.2ClH/c13-7-1-2-8(14)9(10(7)15)11(12(16)17)19-5-3-18-4-6-19;;/h1-2,11-12,18H,3-6H2;2*1H/t11-;;/m1../s1. The van der Waals surface area contributed by atoms with Crippen molar-refractivity contribution < 1.29 is 17.6 Å². The van der Waals surface area contributed by atoms with Gasteiger partial charge in [0.2, 0.25) is 0 Å². The Hall–Kier alpha value is -0.270. The van der Waals surface area contributed by atoms with E-state index in [-0.39, 0.29) is 29.8 Å². The van der Waals surface area contributed by atoms with Crippen LogP contribution in [0.4, 0.5) is 17.6 Å². The summed E-state index contributed by atoms with van der Waals surface area (Å²) in [5.74, 6) is -2.10. The third-order valence-corrected chi connectivity index (χ3v) is 3.45. The third-order valence-electron chi connectivity index (χ3n) is 3.16. The summed E-state index contributed by atoms with van der Waals surface area (Å²) >= 11 is 5.56. The summed E-state index contributed by atoms with van der Waals surface area (Å²) in [7, 11) is 0. The van der Waals surface area contributed by atoms with Crippen LogP contribution >= 0.6 is 36.4 Å². The summed E-state index contributed by atoms with van der Waals surface area (Å²) in [5.41, 5.74) is -0.649. The molecule has 21 heavy (non-hydrogen) atoms. The molecule has 2 nitrogen and oxygen atoms in total. The van der Waals surface area contributed by atoms with Crippen LogP contribution in [0.5, 0.6) is 0 Å². The second-order valence-electron chi connectivity index (χ2n) is 4.32. The van der Waals surface area contributed by atoms with Crippen LogP contribution in [-0.4, -0.2) is 37.5 Å². The van der Waals surface area contributed by atoms with Crippen LogP contribution in [0.2, 0.25) is 5.02 Å². The Kier molecular flexibility index (Phi) is 8.89. The predicted molar refractivity (Wildman–Crippen MR) is 79.1 cm³/mol. The van der Waals surface area contributed by atoms with Gasteiger partial charge in [0.1, 0.15) is 17.7 Å². The third kappa shape index (κ3) is 4.60. The molecule has 0 aliphatic carbocycles. The number of alkyl halides is 2. The molecule has 0 saturated carbocycles. The van der Waals surface area contributed by atoms with Crippen LogP contribution in [0.1, 0.15) is 11.6 Å². The maximum absolute atomic E-state index is 13.9. The van der Waals surface area contributed by atoms with Gasteiger partial charge in [-0.1, -0.05) is 11.6 Å². The Balaban J connectivity index is 0.00000200. The van der Waals surface area contributed by atoms with Gasteiger partial charge in [0.25, 0.3) is 6.43 Å². The van der Waals surface area contributed by atoms with Gasteiger partial charge in [-0.3, -0.25) is 4.90 Å². The monoisotopic (exact) mass is 368 g/mol. The first-order valence-corrected chi connectivity index (χ1v) is 6.26. The van der Waals surface area contributed by atoms with Gasteiger partial charge in [-0.15, -0.1) is 24.8 Å². The molecule has 0 unspecified atom stereocenters. The molecular weight excluding hydrogens is 354 g/mol. The van der Waals surface area contributed by atoms with Crippen molar-refractivity contribution in [2.45, 2.75) is 12.5 Å². The maximum Gasteiger partial charge on any atom is 0.258 e. The number of rotatable bonds is 3. The molecule has 1 heterocycles.